The minimum atomic E-state index is -1.05. The molecule has 2 heterocycles. The van der Waals surface area contributed by atoms with Crippen LogP contribution in [0, 0.1) is 24.1 Å². The number of carbonyl (C=O) groups excluding carboxylic acids is 2. The highest BCUT2D eigenvalue weighted by Crippen LogP contribution is 2.27. The summed E-state index contributed by atoms with van der Waals surface area (Å²) in [5.41, 5.74) is 0.725. The molecule has 126 valence electrons. The van der Waals surface area contributed by atoms with Crippen LogP contribution in [0.5, 0.6) is 0 Å². The van der Waals surface area contributed by atoms with Gasteiger partial charge in [0.05, 0.1) is 6.07 Å². The Morgan fingerprint density at radius 2 is 2.20 bits per heavy atom. The molecular formula is C17H11FN2O3S2. The first kappa shape index (κ1) is 17.2. The monoisotopic (exact) mass is 374 g/mol. The second-order valence-electron chi connectivity index (χ2n) is 5.22. The van der Waals surface area contributed by atoms with Crippen molar-refractivity contribution in [2.24, 2.45) is 0 Å². The summed E-state index contributed by atoms with van der Waals surface area (Å²) in [4.78, 5) is 28.7. The zero-order valence-electron chi connectivity index (χ0n) is 13.0. The Morgan fingerprint density at radius 3 is 2.88 bits per heavy atom. The zero-order valence-corrected chi connectivity index (χ0v) is 14.6. The van der Waals surface area contributed by atoms with Crippen LogP contribution in [0.2, 0.25) is 0 Å². The number of thiazole rings is 1. The van der Waals surface area contributed by atoms with Crippen molar-refractivity contribution in [2.75, 3.05) is 6.61 Å². The number of nitrogens with zero attached hydrogens (tertiary/aromatic N) is 2. The van der Waals surface area contributed by atoms with E-state index in [1.54, 1.807) is 18.4 Å². The van der Waals surface area contributed by atoms with Crippen molar-refractivity contribution in [3.8, 4) is 6.07 Å². The molecule has 2 aromatic heterocycles. The molecule has 0 radical (unpaired) electrons. The van der Waals surface area contributed by atoms with E-state index in [2.05, 4.69) is 4.98 Å². The normalized spacial score (nSPS) is 11.9. The SMILES string of the molecule is Cc1csc([C@H](C#N)C(=O)COC(=O)c2cc3cc(F)ccc3s2)n1. The number of hydrogen-bond acceptors (Lipinski definition) is 7. The lowest BCUT2D eigenvalue weighted by molar-refractivity contribution is -0.122. The fraction of sp³-hybridized carbons (Fsp3) is 0.176. The second-order valence-corrected chi connectivity index (χ2v) is 7.20. The van der Waals surface area contributed by atoms with Crippen molar-refractivity contribution < 1.29 is 18.7 Å². The zero-order chi connectivity index (χ0) is 18.0. The van der Waals surface area contributed by atoms with E-state index in [-0.39, 0.29) is 4.88 Å². The van der Waals surface area contributed by atoms with Crippen LogP contribution in [0.3, 0.4) is 0 Å². The Labute approximate surface area is 150 Å². The number of esters is 1. The van der Waals surface area contributed by atoms with Gasteiger partial charge in [-0.15, -0.1) is 22.7 Å². The van der Waals surface area contributed by atoms with Gasteiger partial charge in [-0.05, 0) is 36.6 Å². The van der Waals surface area contributed by atoms with Crippen LogP contribution in [0.4, 0.5) is 4.39 Å². The summed E-state index contributed by atoms with van der Waals surface area (Å²) in [6.07, 6.45) is 0. The number of nitriles is 1. The molecule has 8 heteroatoms. The van der Waals surface area contributed by atoms with Crippen molar-refractivity contribution in [1.29, 1.82) is 5.26 Å². The Kier molecular flexibility index (Phi) is 4.88. The van der Waals surface area contributed by atoms with Crippen LogP contribution in [0.15, 0.2) is 29.6 Å². The molecule has 0 saturated carbocycles. The molecule has 0 aliphatic carbocycles. The molecule has 0 bridgehead atoms. The molecule has 1 aromatic carbocycles. The molecule has 25 heavy (non-hydrogen) atoms. The van der Waals surface area contributed by atoms with Gasteiger partial charge in [0, 0.05) is 15.8 Å². The molecule has 0 amide bonds. The molecule has 1 atom stereocenters. The molecule has 5 nitrogen and oxygen atoms in total. The lowest BCUT2D eigenvalue weighted by atomic mass is 10.1. The number of ketones is 1. The number of aryl methyl sites for hydroxylation is 1. The van der Waals surface area contributed by atoms with Gasteiger partial charge in [0.25, 0.3) is 0 Å². The Morgan fingerprint density at radius 1 is 1.40 bits per heavy atom. The van der Waals surface area contributed by atoms with E-state index in [0.29, 0.717) is 10.4 Å². The molecule has 0 fully saturated rings. The molecule has 0 saturated heterocycles. The summed E-state index contributed by atoms with van der Waals surface area (Å²) in [5.74, 6) is -2.65. The number of thiophene rings is 1. The average Bonchev–Trinajstić information content (AvgIpc) is 3.19. The molecule has 0 unspecified atom stereocenters. The van der Waals surface area contributed by atoms with Gasteiger partial charge in [0.2, 0.25) is 0 Å². The highest BCUT2D eigenvalue weighted by molar-refractivity contribution is 7.20. The number of carbonyl (C=O) groups is 2. The highest BCUT2D eigenvalue weighted by atomic mass is 32.1. The number of benzene rings is 1. The number of fused-ring (bicyclic) bond motifs is 1. The first-order valence-electron chi connectivity index (χ1n) is 7.18. The van der Waals surface area contributed by atoms with E-state index in [1.807, 2.05) is 6.07 Å². The van der Waals surface area contributed by atoms with Crippen molar-refractivity contribution in [3.05, 3.63) is 51.0 Å². The molecule has 3 rings (SSSR count). The summed E-state index contributed by atoms with van der Waals surface area (Å²) >= 11 is 2.37. The summed E-state index contributed by atoms with van der Waals surface area (Å²) in [5, 5.41) is 11.9. The van der Waals surface area contributed by atoms with Gasteiger partial charge in [-0.1, -0.05) is 0 Å². The van der Waals surface area contributed by atoms with Crippen molar-refractivity contribution in [1.82, 2.24) is 4.98 Å². The van der Waals surface area contributed by atoms with E-state index in [4.69, 9.17) is 4.74 Å². The highest BCUT2D eigenvalue weighted by Gasteiger charge is 2.25. The van der Waals surface area contributed by atoms with Crippen LogP contribution in [-0.4, -0.2) is 23.3 Å². The molecule has 0 aliphatic heterocycles. The Balaban J connectivity index is 1.68. The van der Waals surface area contributed by atoms with E-state index >= 15 is 0 Å². The topological polar surface area (TPSA) is 80.0 Å². The minimum absolute atomic E-state index is 0.270. The summed E-state index contributed by atoms with van der Waals surface area (Å²) in [6.45, 7) is 1.25. The fourth-order valence-corrected chi connectivity index (χ4v) is 3.97. The third-order valence-corrected chi connectivity index (χ3v) is 5.48. The Hall–Kier alpha value is -2.63. The fourth-order valence-electron chi connectivity index (χ4n) is 2.18. The number of ether oxygens (including phenoxy) is 1. The van der Waals surface area contributed by atoms with Crippen LogP contribution < -0.4 is 0 Å². The number of rotatable bonds is 5. The Bertz CT molecular complexity index is 1000. The van der Waals surface area contributed by atoms with E-state index in [0.717, 1.165) is 21.7 Å². The predicted octanol–water partition coefficient (Wildman–Crippen LogP) is 3.84. The predicted molar refractivity (Wildman–Crippen MR) is 92.3 cm³/mol. The molecule has 3 aromatic rings. The van der Waals surface area contributed by atoms with E-state index < -0.39 is 30.1 Å². The van der Waals surface area contributed by atoms with Gasteiger partial charge >= 0.3 is 5.97 Å². The van der Waals surface area contributed by atoms with Gasteiger partial charge in [-0.2, -0.15) is 5.26 Å². The summed E-state index contributed by atoms with van der Waals surface area (Å²) in [7, 11) is 0. The van der Waals surface area contributed by atoms with Crippen molar-refractivity contribution in [3.63, 3.8) is 0 Å². The summed E-state index contributed by atoms with van der Waals surface area (Å²) in [6, 6.07) is 7.62. The van der Waals surface area contributed by atoms with Gasteiger partial charge in [-0.3, -0.25) is 4.79 Å². The largest absolute Gasteiger partial charge is 0.453 e. The smallest absolute Gasteiger partial charge is 0.348 e. The third kappa shape index (κ3) is 3.73. The lowest BCUT2D eigenvalue weighted by Gasteiger charge is -2.05. The van der Waals surface area contributed by atoms with Crippen LogP contribution in [-0.2, 0) is 9.53 Å². The van der Waals surface area contributed by atoms with E-state index in [9.17, 15) is 19.2 Å². The van der Waals surface area contributed by atoms with Crippen molar-refractivity contribution in [2.45, 2.75) is 12.8 Å². The number of halogens is 1. The maximum absolute atomic E-state index is 13.2. The third-order valence-electron chi connectivity index (χ3n) is 3.36. The van der Waals surface area contributed by atoms with Gasteiger partial charge in [-0.25, -0.2) is 14.2 Å². The molecule has 0 N–H and O–H groups in total. The van der Waals surface area contributed by atoms with Crippen LogP contribution >= 0.6 is 22.7 Å². The maximum Gasteiger partial charge on any atom is 0.348 e. The van der Waals surface area contributed by atoms with Crippen LogP contribution in [0.1, 0.15) is 26.3 Å². The quantitative estimate of drug-likeness (QED) is 0.634. The maximum atomic E-state index is 13.2. The minimum Gasteiger partial charge on any atom is -0.453 e. The molecule has 0 spiro atoms. The first-order valence-corrected chi connectivity index (χ1v) is 8.88. The summed E-state index contributed by atoms with van der Waals surface area (Å²) < 4.78 is 19.0. The van der Waals surface area contributed by atoms with E-state index in [1.165, 1.54) is 29.5 Å². The van der Waals surface area contributed by atoms with Gasteiger partial charge in [0.1, 0.15) is 15.7 Å². The molecular weight excluding hydrogens is 363 g/mol. The number of Topliss-reactive ketones (excluding diaryl/α,β-unsaturated/α-hetero) is 1. The average molecular weight is 374 g/mol. The first-order chi connectivity index (χ1) is 12.0. The van der Waals surface area contributed by atoms with Crippen molar-refractivity contribution >= 4 is 44.5 Å². The standard InChI is InChI=1S/C17H11FN2O3S2/c1-9-8-24-16(20-9)12(6-19)13(21)7-23-17(22)15-5-10-4-11(18)2-3-14(10)25-15/h2-5,8,12H,7H2,1H3/t12-/m1/s1. The van der Waals surface area contributed by atoms with Gasteiger partial charge in [0.15, 0.2) is 18.3 Å². The lowest BCUT2D eigenvalue weighted by Crippen LogP contribution is -2.19. The number of hydrogen-bond donors (Lipinski definition) is 0. The number of aromatic nitrogens is 1. The second kappa shape index (κ2) is 7.09. The molecule has 0 aliphatic rings. The van der Waals surface area contributed by atoms with Gasteiger partial charge < -0.3 is 4.74 Å². The van der Waals surface area contributed by atoms with Crippen LogP contribution in [0.25, 0.3) is 10.1 Å².